The minimum absolute atomic E-state index is 0.357. The van der Waals surface area contributed by atoms with Gasteiger partial charge in [0.1, 0.15) is 11.6 Å². The molecular formula is C14H10Br2ClF2N. The molecule has 0 aliphatic rings. The molecule has 1 unspecified atom stereocenters. The SMILES string of the molecule is CNC(c1cc(Cl)c(Br)cc1F)c1ccc(F)cc1Br. The Hall–Kier alpha value is -0.490. The van der Waals surface area contributed by atoms with E-state index in [4.69, 9.17) is 11.6 Å². The zero-order valence-corrected chi connectivity index (χ0v) is 14.3. The molecule has 2 aromatic carbocycles. The maximum Gasteiger partial charge on any atom is 0.129 e. The van der Waals surface area contributed by atoms with Crippen LogP contribution < -0.4 is 5.32 Å². The van der Waals surface area contributed by atoms with Gasteiger partial charge in [-0.05, 0) is 52.8 Å². The van der Waals surface area contributed by atoms with E-state index in [1.54, 1.807) is 19.2 Å². The fourth-order valence-electron chi connectivity index (χ4n) is 1.97. The number of hydrogen-bond acceptors (Lipinski definition) is 1. The Balaban J connectivity index is 2.55. The van der Waals surface area contributed by atoms with Crippen LogP contribution in [0.25, 0.3) is 0 Å². The second-order valence-corrected chi connectivity index (χ2v) is 6.29. The topological polar surface area (TPSA) is 12.0 Å². The summed E-state index contributed by atoms with van der Waals surface area (Å²) in [5, 5.41) is 3.43. The molecule has 0 saturated heterocycles. The maximum absolute atomic E-state index is 14.1. The third-order valence-electron chi connectivity index (χ3n) is 2.91. The molecule has 0 bridgehead atoms. The van der Waals surface area contributed by atoms with Crippen LogP contribution in [-0.4, -0.2) is 7.05 Å². The molecule has 20 heavy (non-hydrogen) atoms. The van der Waals surface area contributed by atoms with E-state index in [1.807, 2.05) is 0 Å². The minimum atomic E-state index is -0.435. The van der Waals surface area contributed by atoms with Gasteiger partial charge < -0.3 is 5.32 Å². The first-order valence-corrected chi connectivity index (χ1v) is 7.67. The zero-order valence-electron chi connectivity index (χ0n) is 10.4. The van der Waals surface area contributed by atoms with Crippen LogP contribution in [0.15, 0.2) is 39.3 Å². The molecule has 2 aromatic rings. The van der Waals surface area contributed by atoms with Crippen LogP contribution in [0.1, 0.15) is 17.2 Å². The van der Waals surface area contributed by atoms with E-state index in [2.05, 4.69) is 37.2 Å². The van der Waals surface area contributed by atoms with Gasteiger partial charge in [-0.3, -0.25) is 0 Å². The molecule has 0 spiro atoms. The normalized spacial score (nSPS) is 12.5. The summed E-state index contributed by atoms with van der Waals surface area (Å²) in [6.45, 7) is 0. The smallest absolute Gasteiger partial charge is 0.129 e. The number of halogens is 5. The lowest BCUT2D eigenvalue weighted by atomic mass is 9.98. The van der Waals surface area contributed by atoms with Gasteiger partial charge in [0.05, 0.1) is 11.1 Å². The summed E-state index contributed by atoms with van der Waals surface area (Å²) < 4.78 is 28.4. The van der Waals surface area contributed by atoms with Crippen molar-refractivity contribution in [2.45, 2.75) is 6.04 Å². The molecule has 6 heteroatoms. The predicted octanol–water partition coefficient (Wildman–Crippen LogP) is 5.45. The zero-order chi connectivity index (χ0) is 14.9. The molecule has 1 N–H and O–H groups in total. The Morgan fingerprint density at radius 1 is 1.05 bits per heavy atom. The number of rotatable bonds is 3. The molecule has 0 radical (unpaired) electrons. The van der Waals surface area contributed by atoms with Crippen molar-refractivity contribution in [3.63, 3.8) is 0 Å². The highest BCUT2D eigenvalue weighted by Crippen LogP contribution is 2.34. The summed E-state index contributed by atoms with van der Waals surface area (Å²) in [7, 11) is 1.70. The van der Waals surface area contributed by atoms with E-state index in [9.17, 15) is 8.78 Å². The Kier molecular flexibility index (Phi) is 5.18. The molecule has 0 aromatic heterocycles. The Labute approximate surface area is 137 Å². The summed E-state index contributed by atoms with van der Waals surface area (Å²) in [5.74, 6) is -0.748. The molecule has 106 valence electrons. The number of nitrogens with one attached hydrogen (secondary N) is 1. The third kappa shape index (κ3) is 3.22. The summed E-state index contributed by atoms with van der Waals surface area (Å²) >= 11 is 12.5. The number of hydrogen-bond donors (Lipinski definition) is 1. The second kappa shape index (κ2) is 6.52. The van der Waals surface area contributed by atoms with Crippen molar-refractivity contribution < 1.29 is 8.78 Å². The fourth-order valence-corrected chi connectivity index (χ4v) is 3.04. The molecule has 0 heterocycles. The molecule has 0 fully saturated rings. The van der Waals surface area contributed by atoms with Crippen LogP contribution in [-0.2, 0) is 0 Å². The summed E-state index contributed by atoms with van der Waals surface area (Å²) in [6.07, 6.45) is 0. The first-order valence-electron chi connectivity index (χ1n) is 5.70. The van der Waals surface area contributed by atoms with Gasteiger partial charge in [-0.2, -0.15) is 0 Å². The molecule has 0 saturated carbocycles. The van der Waals surface area contributed by atoms with Crippen LogP contribution >= 0.6 is 43.5 Å². The quantitative estimate of drug-likeness (QED) is 0.645. The van der Waals surface area contributed by atoms with Gasteiger partial charge in [0, 0.05) is 14.5 Å². The average Bonchev–Trinajstić information content (AvgIpc) is 2.38. The van der Waals surface area contributed by atoms with Gasteiger partial charge in [-0.1, -0.05) is 33.6 Å². The van der Waals surface area contributed by atoms with Crippen molar-refractivity contribution in [3.05, 3.63) is 67.1 Å². The molecule has 0 aliphatic carbocycles. The van der Waals surface area contributed by atoms with E-state index in [0.717, 1.165) is 5.56 Å². The number of benzene rings is 2. The third-order valence-corrected chi connectivity index (χ3v) is 4.80. The molecule has 0 amide bonds. The largest absolute Gasteiger partial charge is 0.309 e. The predicted molar refractivity (Wildman–Crippen MR) is 84.1 cm³/mol. The van der Waals surface area contributed by atoms with E-state index < -0.39 is 11.9 Å². The monoisotopic (exact) mass is 423 g/mol. The standard InChI is InChI=1S/C14H10Br2ClF2N/c1-20-14(8-3-2-7(18)4-10(8)15)9-5-12(17)11(16)6-13(9)19/h2-6,14,20H,1H3. The maximum atomic E-state index is 14.1. The molecule has 1 atom stereocenters. The summed E-state index contributed by atoms with van der Waals surface area (Å²) in [5.41, 5.74) is 1.12. The van der Waals surface area contributed by atoms with Crippen molar-refractivity contribution in [2.75, 3.05) is 7.05 Å². The highest BCUT2D eigenvalue weighted by atomic mass is 79.9. The molecule has 1 nitrogen and oxygen atoms in total. The summed E-state index contributed by atoms with van der Waals surface area (Å²) in [6, 6.07) is 6.73. The van der Waals surface area contributed by atoms with Gasteiger partial charge >= 0.3 is 0 Å². The van der Waals surface area contributed by atoms with Crippen LogP contribution in [0.4, 0.5) is 8.78 Å². The van der Waals surface area contributed by atoms with Crippen LogP contribution in [0.2, 0.25) is 5.02 Å². The minimum Gasteiger partial charge on any atom is -0.309 e. The van der Waals surface area contributed by atoms with Crippen molar-refractivity contribution in [1.29, 1.82) is 0 Å². The van der Waals surface area contributed by atoms with Crippen molar-refractivity contribution in [1.82, 2.24) is 5.32 Å². The van der Waals surface area contributed by atoms with Gasteiger partial charge in [0.2, 0.25) is 0 Å². The van der Waals surface area contributed by atoms with E-state index in [0.29, 0.717) is 19.5 Å². The molecule has 0 aliphatic heterocycles. The Morgan fingerprint density at radius 3 is 2.35 bits per heavy atom. The van der Waals surface area contributed by atoms with Gasteiger partial charge in [0.25, 0.3) is 0 Å². The Morgan fingerprint density at radius 2 is 1.75 bits per heavy atom. The van der Waals surface area contributed by atoms with Crippen LogP contribution in [0, 0.1) is 11.6 Å². The fraction of sp³-hybridized carbons (Fsp3) is 0.143. The highest BCUT2D eigenvalue weighted by Gasteiger charge is 2.20. The van der Waals surface area contributed by atoms with Gasteiger partial charge in [-0.15, -0.1) is 0 Å². The van der Waals surface area contributed by atoms with Crippen LogP contribution in [0.5, 0.6) is 0 Å². The van der Waals surface area contributed by atoms with E-state index in [1.165, 1.54) is 18.2 Å². The highest BCUT2D eigenvalue weighted by molar-refractivity contribution is 9.10. The van der Waals surface area contributed by atoms with E-state index >= 15 is 0 Å². The van der Waals surface area contributed by atoms with Crippen molar-refractivity contribution in [2.24, 2.45) is 0 Å². The Bertz CT molecular complexity index is 649. The first-order chi connectivity index (χ1) is 9.43. The first kappa shape index (κ1) is 15.9. The average molecular weight is 425 g/mol. The lowest BCUT2D eigenvalue weighted by Gasteiger charge is -2.20. The lowest BCUT2D eigenvalue weighted by Crippen LogP contribution is -2.19. The molecular weight excluding hydrogens is 415 g/mol. The van der Waals surface area contributed by atoms with E-state index in [-0.39, 0.29) is 5.82 Å². The van der Waals surface area contributed by atoms with Gasteiger partial charge in [-0.25, -0.2) is 8.78 Å². The summed E-state index contributed by atoms with van der Waals surface area (Å²) in [4.78, 5) is 0. The lowest BCUT2D eigenvalue weighted by molar-refractivity contribution is 0.573. The molecule has 2 rings (SSSR count). The van der Waals surface area contributed by atoms with Crippen LogP contribution in [0.3, 0.4) is 0 Å². The van der Waals surface area contributed by atoms with Crippen molar-refractivity contribution >= 4 is 43.5 Å². The second-order valence-electron chi connectivity index (χ2n) is 4.18. The van der Waals surface area contributed by atoms with Gasteiger partial charge in [0.15, 0.2) is 0 Å². The van der Waals surface area contributed by atoms with Crippen molar-refractivity contribution in [3.8, 4) is 0 Å².